The zero-order chi connectivity index (χ0) is 17.3. The van der Waals surface area contributed by atoms with E-state index in [1.54, 1.807) is 0 Å². The Morgan fingerprint density at radius 3 is 2.67 bits per heavy atom. The Labute approximate surface area is 143 Å². The van der Waals surface area contributed by atoms with Crippen LogP contribution in [0, 0.1) is 5.92 Å². The highest BCUT2D eigenvalue weighted by atomic mass is 16.2. The summed E-state index contributed by atoms with van der Waals surface area (Å²) in [5.41, 5.74) is -0.776. The number of rotatable bonds is 3. The summed E-state index contributed by atoms with van der Waals surface area (Å²) in [4.78, 5) is 41.1. The van der Waals surface area contributed by atoms with Gasteiger partial charge in [0, 0.05) is 12.6 Å². The highest BCUT2D eigenvalue weighted by Crippen LogP contribution is 2.38. The Hall–Kier alpha value is -1.59. The molecule has 2 saturated heterocycles. The molecule has 0 aromatic carbocycles. The van der Waals surface area contributed by atoms with Crippen molar-refractivity contribution in [3.8, 4) is 0 Å². The number of carbonyl (C=O) groups excluding carboxylic acids is 3. The second-order valence-electron chi connectivity index (χ2n) is 7.58. The molecule has 0 bridgehead atoms. The van der Waals surface area contributed by atoms with Crippen LogP contribution < -0.4 is 5.32 Å². The number of hydrogen-bond donors (Lipinski definition) is 1. The maximum Gasteiger partial charge on any atom is 0.325 e. The van der Waals surface area contributed by atoms with Gasteiger partial charge in [-0.2, -0.15) is 0 Å². The normalized spacial score (nSPS) is 33.9. The summed E-state index contributed by atoms with van der Waals surface area (Å²) >= 11 is 0. The van der Waals surface area contributed by atoms with Crippen molar-refractivity contribution >= 4 is 17.8 Å². The van der Waals surface area contributed by atoms with Crippen LogP contribution in [-0.2, 0) is 9.59 Å². The molecule has 24 heavy (non-hydrogen) atoms. The lowest BCUT2D eigenvalue weighted by molar-refractivity contribution is -0.142. The van der Waals surface area contributed by atoms with E-state index in [9.17, 15) is 14.4 Å². The first-order chi connectivity index (χ1) is 11.5. The lowest BCUT2D eigenvalue weighted by Gasteiger charge is -2.37. The number of piperidine rings is 1. The number of hydrogen-bond acceptors (Lipinski definition) is 3. The Bertz CT molecular complexity index is 536. The Morgan fingerprint density at radius 2 is 1.96 bits per heavy atom. The first-order valence-electron chi connectivity index (χ1n) is 9.43. The lowest BCUT2D eigenvalue weighted by atomic mass is 9.73. The smallest absolute Gasteiger partial charge is 0.325 e. The maximum atomic E-state index is 12.9. The van der Waals surface area contributed by atoms with Gasteiger partial charge < -0.3 is 10.2 Å². The number of nitrogens with one attached hydrogen (secondary N) is 1. The molecule has 3 rings (SSSR count). The summed E-state index contributed by atoms with van der Waals surface area (Å²) in [7, 11) is 0. The largest absolute Gasteiger partial charge is 0.338 e. The van der Waals surface area contributed by atoms with E-state index in [2.05, 4.69) is 12.2 Å². The molecule has 0 aromatic rings. The van der Waals surface area contributed by atoms with Gasteiger partial charge in [0.15, 0.2) is 0 Å². The van der Waals surface area contributed by atoms with Crippen LogP contribution in [0.2, 0.25) is 0 Å². The van der Waals surface area contributed by atoms with Gasteiger partial charge >= 0.3 is 6.03 Å². The van der Waals surface area contributed by atoms with E-state index in [4.69, 9.17) is 0 Å². The Morgan fingerprint density at radius 1 is 1.21 bits per heavy atom. The monoisotopic (exact) mass is 335 g/mol. The second kappa shape index (κ2) is 6.73. The van der Waals surface area contributed by atoms with Gasteiger partial charge in [0.05, 0.1) is 0 Å². The predicted octanol–water partition coefficient (Wildman–Crippen LogP) is 2.28. The molecule has 0 aromatic heterocycles. The van der Waals surface area contributed by atoms with Gasteiger partial charge in [-0.15, -0.1) is 0 Å². The van der Waals surface area contributed by atoms with Gasteiger partial charge in [-0.1, -0.05) is 26.7 Å². The minimum Gasteiger partial charge on any atom is -0.338 e. The molecule has 4 amide bonds. The molecular formula is C18H29N3O3. The quantitative estimate of drug-likeness (QED) is 0.805. The van der Waals surface area contributed by atoms with E-state index >= 15 is 0 Å². The molecule has 6 heteroatoms. The molecule has 3 aliphatic rings. The molecule has 3 atom stereocenters. The Balaban J connectivity index is 1.72. The van der Waals surface area contributed by atoms with Crippen molar-refractivity contribution in [1.29, 1.82) is 0 Å². The molecule has 2 aliphatic heterocycles. The van der Waals surface area contributed by atoms with Crippen LogP contribution in [0.4, 0.5) is 4.79 Å². The maximum absolute atomic E-state index is 12.9. The van der Waals surface area contributed by atoms with Crippen LogP contribution in [0.1, 0.15) is 65.2 Å². The number of amides is 4. The second-order valence-corrected chi connectivity index (χ2v) is 7.58. The lowest BCUT2D eigenvalue weighted by Crippen LogP contribution is -2.54. The van der Waals surface area contributed by atoms with Crippen molar-refractivity contribution in [2.45, 2.75) is 76.8 Å². The number of carbonyl (C=O) groups is 3. The summed E-state index contributed by atoms with van der Waals surface area (Å²) in [6, 6.07) is -0.151. The van der Waals surface area contributed by atoms with Crippen molar-refractivity contribution in [2.75, 3.05) is 13.1 Å². The molecule has 0 radical (unpaired) electrons. The number of likely N-dealkylation sites (tertiary alicyclic amines) is 1. The molecule has 1 saturated carbocycles. The van der Waals surface area contributed by atoms with E-state index in [1.165, 1.54) is 0 Å². The average Bonchev–Trinajstić information content (AvgIpc) is 2.82. The van der Waals surface area contributed by atoms with Gasteiger partial charge in [0.1, 0.15) is 12.1 Å². The topological polar surface area (TPSA) is 69.7 Å². The van der Waals surface area contributed by atoms with Gasteiger partial charge in [-0.05, 0) is 44.4 Å². The van der Waals surface area contributed by atoms with Crippen LogP contribution in [0.15, 0.2) is 0 Å². The number of urea groups is 1. The van der Waals surface area contributed by atoms with E-state index in [1.807, 2.05) is 11.8 Å². The van der Waals surface area contributed by atoms with Crippen molar-refractivity contribution in [2.24, 2.45) is 5.92 Å². The van der Waals surface area contributed by atoms with Crippen LogP contribution in [0.3, 0.4) is 0 Å². The van der Waals surface area contributed by atoms with E-state index < -0.39 is 11.6 Å². The molecular weight excluding hydrogens is 306 g/mol. The van der Waals surface area contributed by atoms with Crippen LogP contribution in [0.25, 0.3) is 0 Å². The van der Waals surface area contributed by atoms with Crippen molar-refractivity contribution in [3.63, 3.8) is 0 Å². The molecule has 134 valence electrons. The first kappa shape index (κ1) is 17.2. The third-order valence-electron chi connectivity index (χ3n) is 6.21. The molecule has 3 fully saturated rings. The summed E-state index contributed by atoms with van der Waals surface area (Å²) < 4.78 is 0. The molecule has 6 nitrogen and oxygen atoms in total. The Kier molecular flexibility index (Phi) is 4.83. The highest BCUT2D eigenvalue weighted by molar-refractivity contribution is 6.09. The fourth-order valence-corrected chi connectivity index (χ4v) is 4.62. The highest BCUT2D eigenvalue weighted by Gasteiger charge is 2.55. The van der Waals surface area contributed by atoms with Gasteiger partial charge in [0.2, 0.25) is 5.91 Å². The summed E-state index contributed by atoms with van der Waals surface area (Å²) in [5, 5.41) is 2.92. The zero-order valence-electron chi connectivity index (χ0n) is 14.8. The fraction of sp³-hybridized carbons (Fsp3) is 0.833. The van der Waals surface area contributed by atoms with E-state index in [-0.39, 0.29) is 30.3 Å². The number of imide groups is 1. The van der Waals surface area contributed by atoms with Gasteiger partial charge in [-0.25, -0.2) is 4.79 Å². The molecule has 1 N–H and O–H groups in total. The van der Waals surface area contributed by atoms with Gasteiger partial charge in [0.25, 0.3) is 5.91 Å². The summed E-state index contributed by atoms with van der Waals surface area (Å²) in [6.45, 7) is 4.74. The molecule has 3 unspecified atom stereocenters. The van der Waals surface area contributed by atoms with E-state index in [0.717, 1.165) is 56.4 Å². The standard InChI is InChI=1S/C18H29N3O3/c1-3-14-9-5-7-11-20(14)15(22)12-21-16(23)18(19-17(21)24)10-6-4-8-13(18)2/h13-14H,3-12H2,1-2H3,(H,19,24). The van der Waals surface area contributed by atoms with E-state index in [0.29, 0.717) is 6.42 Å². The number of nitrogens with zero attached hydrogens (tertiary/aromatic N) is 2. The predicted molar refractivity (Wildman–Crippen MR) is 90.3 cm³/mol. The minimum atomic E-state index is -0.776. The van der Waals surface area contributed by atoms with Crippen LogP contribution in [0.5, 0.6) is 0 Å². The average molecular weight is 335 g/mol. The fourth-order valence-electron chi connectivity index (χ4n) is 4.62. The van der Waals surface area contributed by atoms with Gasteiger partial charge in [-0.3, -0.25) is 14.5 Å². The molecule has 1 spiro atoms. The van der Waals surface area contributed by atoms with Crippen molar-refractivity contribution < 1.29 is 14.4 Å². The van der Waals surface area contributed by atoms with Crippen molar-refractivity contribution in [1.82, 2.24) is 15.1 Å². The SMILES string of the molecule is CCC1CCCCN1C(=O)CN1C(=O)NC2(CCCCC2C)C1=O. The summed E-state index contributed by atoms with van der Waals surface area (Å²) in [6.07, 6.45) is 7.76. The van der Waals surface area contributed by atoms with Crippen LogP contribution in [-0.4, -0.2) is 52.3 Å². The third kappa shape index (κ3) is 2.80. The zero-order valence-corrected chi connectivity index (χ0v) is 14.8. The minimum absolute atomic E-state index is 0.0921. The summed E-state index contributed by atoms with van der Waals surface area (Å²) in [5.74, 6) is -0.162. The van der Waals surface area contributed by atoms with Crippen molar-refractivity contribution in [3.05, 3.63) is 0 Å². The third-order valence-corrected chi connectivity index (χ3v) is 6.21. The molecule has 2 heterocycles. The molecule has 1 aliphatic carbocycles. The first-order valence-corrected chi connectivity index (χ1v) is 9.43. The van der Waals surface area contributed by atoms with Crippen LogP contribution >= 0.6 is 0 Å².